The van der Waals surface area contributed by atoms with Crippen LogP contribution in [-0.2, 0) is 22.5 Å². The predicted octanol–water partition coefficient (Wildman–Crippen LogP) is 1.33. The molecule has 1 aromatic carbocycles. The van der Waals surface area contributed by atoms with Crippen LogP contribution in [0.3, 0.4) is 0 Å². The maximum Gasteiger partial charge on any atom is 0.326 e. The van der Waals surface area contributed by atoms with Crippen molar-refractivity contribution in [2.45, 2.75) is 31.8 Å². The highest BCUT2D eigenvalue weighted by atomic mass is 16.5. The SMILES string of the molecule is COC(=O)C(C)(N)CN1CCCc2ccccc2C1. The minimum absolute atomic E-state index is 0.356. The quantitative estimate of drug-likeness (QED) is 0.835. The predicted molar refractivity (Wildman–Crippen MR) is 74.6 cm³/mol. The van der Waals surface area contributed by atoms with E-state index >= 15 is 0 Å². The van der Waals surface area contributed by atoms with Gasteiger partial charge in [0.2, 0.25) is 0 Å². The van der Waals surface area contributed by atoms with Crippen molar-refractivity contribution in [3.63, 3.8) is 0 Å². The van der Waals surface area contributed by atoms with Gasteiger partial charge in [-0.1, -0.05) is 24.3 Å². The lowest BCUT2D eigenvalue weighted by Gasteiger charge is -2.29. The molecule has 1 unspecified atom stereocenters. The Balaban J connectivity index is 2.09. The number of rotatable bonds is 3. The molecule has 1 aliphatic heterocycles. The first kappa shape index (κ1) is 14.0. The van der Waals surface area contributed by atoms with Gasteiger partial charge in [0.05, 0.1) is 7.11 Å². The molecular formula is C15H22N2O2. The van der Waals surface area contributed by atoms with Gasteiger partial charge in [0.25, 0.3) is 0 Å². The Hall–Kier alpha value is -1.39. The second kappa shape index (κ2) is 5.72. The van der Waals surface area contributed by atoms with Gasteiger partial charge >= 0.3 is 5.97 Å². The Morgan fingerprint density at radius 3 is 2.79 bits per heavy atom. The molecule has 1 aromatic rings. The van der Waals surface area contributed by atoms with Crippen molar-refractivity contribution in [2.24, 2.45) is 5.73 Å². The summed E-state index contributed by atoms with van der Waals surface area (Å²) < 4.78 is 4.77. The first-order valence-corrected chi connectivity index (χ1v) is 6.69. The largest absolute Gasteiger partial charge is 0.468 e. The van der Waals surface area contributed by atoms with Gasteiger partial charge in [-0.3, -0.25) is 9.69 Å². The lowest BCUT2D eigenvalue weighted by molar-refractivity contribution is -0.147. The zero-order valence-electron chi connectivity index (χ0n) is 11.7. The Morgan fingerprint density at radius 2 is 2.11 bits per heavy atom. The van der Waals surface area contributed by atoms with E-state index in [2.05, 4.69) is 29.2 Å². The number of ether oxygens (including phenoxy) is 1. The molecule has 0 aliphatic carbocycles. The van der Waals surface area contributed by atoms with E-state index < -0.39 is 5.54 Å². The van der Waals surface area contributed by atoms with Crippen molar-refractivity contribution in [1.82, 2.24) is 4.90 Å². The second-order valence-corrected chi connectivity index (χ2v) is 5.49. The highest BCUT2D eigenvalue weighted by molar-refractivity contribution is 5.80. The van der Waals surface area contributed by atoms with E-state index in [1.165, 1.54) is 18.2 Å². The van der Waals surface area contributed by atoms with E-state index in [0.29, 0.717) is 6.54 Å². The van der Waals surface area contributed by atoms with Gasteiger partial charge < -0.3 is 10.5 Å². The number of nitrogens with zero attached hydrogens (tertiary/aromatic N) is 1. The summed E-state index contributed by atoms with van der Waals surface area (Å²) in [5.41, 5.74) is 7.84. The molecule has 0 spiro atoms. The number of nitrogens with two attached hydrogens (primary N) is 1. The smallest absolute Gasteiger partial charge is 0.326 e. The van der Waals surface area contributed by atoms with Crippen molar-refractivity contribution in [3.05, 3.63) is 35.4 Å². The molecule has 104 valence electrons. The molecule has 0 saturated carbocycles. The standard InChI is InChI=1S/C15H22N2O2/c1-15(16,14(18)19-2)11-17-9-5-8-12-6-3-4-7-13(12)10-17/h3-4,6-7H,5,8-11,16H2,1-2H3. The molecule has 0 aromatic heterocycles. The summed E-state index contributed by atoms with van der Waals surface area (Å²) in [5, 5.41) is 0. The molecule has 4 nitrogen and oxygen atoms in total. The highest BCUT2D eigenvalue weighted by Crippen LogP contribution is 2.19. The van der Waals surface area contributed by atoms with Crippen LogP contribution in [0.4, 0.5) is 0 Å². The van der Waals surface area contributed by atoms with E-state index in [1.807, 2.05) is 0 Å². The van der Waals surface area contributed by atoms with Crippen LogP contribution in [0.25, 0.3) is 0 Å². The Kier molecular flexibility index (Phi) is 4.22. The normalized spacial score (nSPS) is 19.1. The van der Waals surface area contributed by atoms with Crippen LogP contribution in [-0.4, -0.2) is 36.6 Å². The Bertz CT molecular complexity index is 457. The van der Waals surface area contributed by atoms with E-state index in [4.69, 9.17) is 10.5 Å². The fourth-order valence-corrected chi connectivity index (χ4v) is 2.67. The number of methoxy groups -OCH3 is 1. The maximum absolute atomic E-state index is 11.7. The van der Waals surface area contributed by atoms with Crippen LogP contribution in [0.1, 0.15) is 24.5 Å². The zero-order valence-corrected chi connectivity index (χ0v) is 11.7. The summed E-state index contributed by atoms with van der Waals surface area (Å²) in [6.45, 7) is 4.06. The molecule has 0 amide bonds. The summed E-state index contributed by atoms with van der Waals surface area (Å²) in [4.78, 5) is 13.9. The van der Waals surface area contributed by atoms with E-state index in [-0.39, 0.29) is 5.97 Å². The van der Waals surface area contributed by atoms with Crippen LogP contribution in [0.15, 0.2) is 24.3 Å². The van der Waals surface area contributed by atoms with Crippen LogP contribution >= 0.6 is 0 Å². The Morgan fingerprint density at radius 1 is 1.42 bits per heavy atom. The average Bonchev–Trinajstić information content (AvgIpc) is 2.58. The third-order valence-electron chi connectivity index (χ3n) is 3.64. The van der Waals surface area contributed by atoms with Gasteiger partial charge in [-0.05, 0) is 37.4 Å². The van der Waals surface area contributed by atoms with Gasteiger partial charge in [0, 0.05) is 13.1 Å². The molecule has 0 bridgehead atoms. The number of fused-ring (bicyclic) bond motifs is 1. The topological polar surface area (TPSA) is 55.6 Å². The van der Waals surface area contributed by atoms with Crippen molar-refractivity contribution >= 4 is 5.97 Å². The number of benzene rings is 1. The fraction of sp³-hybridized carbons (Fsp3) is 0.533. The van der Waals surface area contributed by atoms with Crippen LogP contribution < -0.4 is 5.73 Å². The molecule has 1 heterocycles. The van der Waals surface area contributed by atoms with E-state index in [9.17, 15) is 4.79 Å². The number of hydrogen-bond acceptors (Lipinski definition) is 4. The van der Waals surface area contributed by atoms with Crippen molar-refractivity contribution in [3.8, 4) is 0 Å². The van der Waals surface area contributed by atoms with Crippen molar-refractivity contribution < 1.29 is 9.53 Å². The van der Waals surface area contributed by atoms with Crippen LogP contribution in [0, 0.1) is 0 Å². The molecule has 2 N–H and O–H groups in total. The number of carbonyl (C=O) groups is 1. The molecule has 1 atom stereocenters. The summed E-state index contributed by atoms with van der Waals surface area (Å²) in [6.07, 6.45) is 2.18. The number of esters is 1. The molecule has 0 fully saturated rings. The molecule has 0 saturated heterocycles. The molecule has 19 heavy (non-hydrogen) atoms. The molecular weight excluding hydrogens is 240 g/mol. The van der Waals surface area contributed by atoms with Gasteiger partial charge in [-0.25, -0.2) is 0 Å². The minimum atomic E-state index is -0.950. The third-order valence-corrected chi connectivity index (χ3v) is 3.64. The number of hydrogen-bond donors (Lipinski definition) is 1. The molecule has 2 rings (SSSR count). The first-order valence-electron chi connectivity index (χ1n) is 6.69. The Labute approximate surface area is 114 Å². The number of aryl methyl sites for hydroxylation is 1. The monoisotopic (exact) mass is 262 g/mol. The lowest BCUT2D eigenvalue weighted by atomic mass is 10.0. The van der Waals surface area contributed by atoms with Crippen LogP contribution in [0.5, 0.6) is 0 Å². The van der Waals surface area contributed by atoms with Crippen molar-refractivity contribution in [1.29, 1.82) is 0 Å². The molecule has 4 heteroatoms. The fourth-order valence-electron chi connectivity index (χ4n) is 2.67. The van der Waals surface area contributed by atoms with Gasteiger partial charge in [-0.15, -0.1) is 0 Å². The second-order valence-electron chi connectivity index (χ2n) is 5.49. The van der Waals surface area contributed by atoms with E-state index in [1.54, 1.807) is 6.92 Å². The zero-order chi connectivity index (χ0) is 13.9. The highest BCUT2D eigenvalue weighted by Gasteiger charge is 2.32. The average molecular weight is 262 g/mol. The summed E-state index contributed by atoms with van der Waals surface area (Å²) in [7, 11) is 1.38. The van der Waals surface area contributed by atoms with Gasteiger partial charge in [-0.2, -0.15) is 0 Å². The number of carbonyl (C=O) groups excluding carboxylic acids is 1. The molecule has 0 radical (unpaired) electrons. The lowest BCUT2D eigenvalue weighted by Crippen LogP contribution is -2.54. The summed E-state index contributed by atoms with van der Waals surface area (Å²) >= 11 is 0. The molecule has 1 aliphatic rings. The summed E-state index contributed by atoms with van der Waals surface area (Å²) in [6, 6.07) is 8.47. The summed E-state index contributed by atoms with van der Waals surface area (Å²) in [5.74, 6) is -0.356. The maximum atomic E-state index is 11.7. The van der Waals surface area contributed by atoms with E-state index in [0.717, 1.165) is 25.9 Å². The van der Waals surface area contributed by atoms with Gasteiger partial charge in [0.15, 0.2) is 0 Å². The minimum Gasteiger partial charge on any atom is -0.468 e. The third kappa shape index (κ3) is 3.33. The van der Waals surface area contributed by atoms with Crippen molar-refractivity contribution in [2.75, 3.05) is 20.2 Å². The van der Waals surface area contributed by atoms with Crippen LogP contribution in [0.2, 0.25) is 0 Å². The first-order chi connectivity index (χ1) is 9.03. The van der Waals surface area contributed by atoms with Gasteiger partial charge in [0.1, 0.15) is 5.54 Å².